The number of nitrogens with zero attached hydrogens (tertiary/aromatic N) is 1. The Kier molecular flexibility index (Phi) is 3.01. The summed E-state index contributed by atoms with van der Waals surface area (Å²) in [5, 5.41) is 20.2. The summed E-state index contributed by atoms with van der Waals surface area (Å²) in [4.78, 5) is 14.4. The zero-order valence-corrected chi connectivity index (χ0v) is 6.97. The fraction of sp³-hybridized carbons (Fsp3) is 0.333. The van der Waals surface area contributed by atoms with Crippen LogP contribution < -0.4 is 5.32 Å². The molecule has 1 heterocycles. The van der Waals surface area contributed by atoms with Gasteiger partial charge in [0.05, 0.1) is 12.8 Å². The van der Waals surface area contributed by atoms with Crippen LogP contribution in [0.15, 0.2) is 6.20 Å². The average molecular weight is 188 g/mol. The van der Waals surface area contributed by atoms with Crippen LogP contribution in [-0.4, -0.2) is 34.3 Å². The summed E-state index contributed by atoms with van der Waals surface area (Å²) in [5.41, 5.74) is 0. The summed E-state index contributed by atoms with van der Waals surface area (Å²) in [6, 6.07) is 0. The quantitative estimate of drug-likeness (QED) is 0.630. The Bertz CT molecular complexity index is 274. The van der Waals surface area contributed by atoms with Crippen LogP contribution in [0, 0.1) is 0 Å². The Labute approximate surface area is 72.7 Å². The van der Waals surface area contributed by atoms with E-state index in [-0.39, 0.29) is 11.5 Å². The van der Waals surface area contributed by atoms with E-state index in [1.54, 1.807) is 0 Å². The van der Waals surface area contributed by atoms with Crippen LogP contribution in [0.4, 0.5) is 5.13 Å². The molecule has 0 unspecified atom stereocenters. The lowest BCUT2D eigenvalue weighted by Gasteiger charge is -1.95. The summed E-state index contributed by atoms with van der Waals surface area (Å²) in [7, 11) is 0. The van der Waals surface area contributed by atoms with Crippen LogP contribution in [0.2, 0.25) is 0 Å². The molecule has 0 aliphatic heterocycles. The molecule has 0 amide bonds. The van der Waals surface area contributed by atoms with Crippen LogP contribution in [0.3, 0.4) is 0 Å². The molecule has 0 aliphatic carbocycles. The molecule has 0 radical (unpaired) electrons. The Hall–Kier alpha value is -1.14. The first-order valence-corrected chi connectivity index (χ1v) is 4.09. The first-order chi connectivity index (χ1) is 5.74. The van der Waals surface area contributed by atoms with Gasteiger partial charge in [0.25, 0.3) is 0 Å². The summed E-state index contributed by atoms with van der Waals surface area (Å²) in [6.07, 6.45) is 1.28. The zero-order chi connectivity index (χ0) is 8.97. The van der Waals surface area contributed by atoms with Gasteiger partial charge in [-0.25, -0.2) is 9.78 Å². The predicted octanol–water partition coefficient (Wildman–Crippen LogP) is 0.245. The second kappa shape index (κ2) is 4.03. The van der Waals surface area contributed by atoms with Crippen molar-refractivity contribution in [1.29, 1.82) is 0 Å². The SMILES string of the molecule is O=C(O)c1cnc(NCCO)s1. The molecule has 0 spiro atoms. The number of anilines is 1. The average Bonchev–Trinajstić information content (AvgIpc) is 2.48. The van der Waals surface area contributed by atoms with Gasteiger partial charge in [-0.1, -0.05) is 11.3 Å². The van der Waals surface area contributed by atoms with Gasteiger partial charge in [-0.2, -0.15) is 0 Å². The highest BCUT2D eigenvalue weighted by Crippen LogP contribution is 2.16. The van der Waals surface area contributed by atoms with Crippen LogP contribution >= 0.6 is 11.3 Å². The topological polar surface area (TPSA) is 82.5 Å². The molecule has 1 aromatic heterocycles. The highest BCUT2D eigenvalue weighted by atomic mass is 32.1. The Morgan fingerprint density at radius 3 is 3.00 bits per heavy atom. The van der Waals surface area contributed by atoms with Crippen LogP contribution in [0.5, 0.6) is 0 Å². The van der Waals surface area contributed by atoms with E-state index in [0.717, 1.165) is 11.3 Å². The van der Waals surface area contributed by atoms with Crippen LogP contribution in [0.25, 0.3) is 0 Å². The molecule has 12 heavy (non-hydrogen) atoms. The zero-order valence-electron chi connectivity index (χ0n) is 6.15. The van der Waals surface area contributed by atoms with Crippen LogP contribution in [0.1, 0.15) is 9.67 Å². The van der Waals surface area contributed by atoms with E-state index in [1.807, 2.05) is 0 Å². The Morgan fingerprint density at radius 1 is 1.75 bits per heavy atom. The number of aromatic nitrogens is 1. The minimum Gasteiger partial charge on any atom is -0.477 e. The van der Waals surface area contributed by atoms with E-state index in [9.17, 15) is 4.79 Å². The maximum Gasteiger partial charge on any atom is 0.347 e. The van der Waals surface area contributed by atoms with Crippen molar-refractivity contribution in [2.75, 3.05) is 18.5 Å². The summed E-state index contributed by atoms with van der Waals surface area (Å²) in [5.74, 6) is -0.982. The number of thiazole rings is 1. The van der Waals surface area contributed by atoms with E-state index in [4.69, 9.17) is 10.2 Å². The lowest BCUT2D eigenvalue weighted by molar-refractivity contribution is 0.0702. The third kappa shape index (κ3) is 2.18. The number of hydrogen-bond acceptors (Lipinski definition) is 5. The Balaban J connectivity index is 2.58. The summed E-state index contributed by atoms with van der Waals surface area (Å²) >= 11 is 1.05. The number of aliphatic hydroxyl groups is 1. The molecule has 0 saturated heterocycles. The second-order valence-corrected chi connectivity index (χ2v) is 3.02. The molecule has 0 aliphatic rings. The van der Waals surface area contributed by atoms with Gasteiger partial charge < -0.3 is 15.5 Å². The number of carboxylic acids is 1. The highest BCUT2D eigenvalue weighted by molar-refractivity contribution is 7.17. The molecule has 3 N–H and O–H groups in total. The lowest BCUT2D eigenvalue weighted by Crippen LogP contribution is -2.04. The van der Waals surface area contributed by atoms with E-state index < -0.39 is 5.97 Å². The maximum absolute atomic E-state index is 10.4. The Morgan fingerprint density at radius 2 is 2.50 bits per heavy atom. The van der Waals surface area contributed by atoms with E-state index in [1.165, 1.54) is 6.20 Å². The molecule has 6 heteroatoms. The highest BCUT2D eigenvalue weighted by Gasteiger charge is 2.07. The first kappa shape index (κ1) is 8.95. The fourth-order valence-electron chi connectivity index (χ4n) is 0.618. The van der Waals surface area contributed by atoms with Crippen molar-refractivity contribution in [3.63, 3.8) is 0 Å². The molecule has 1 rings (SSSR count). The van der Waals surface area contributed by atoms with Gasteiger partial charge in [0.15, 0.2) is 5.13 Å². The number of aliphatic hydroxyl groups excluding tert-OH is 1. The fourth-order valence-corrected chi connectivity index (χ4v) is 1.30. The largest absolute Gasteiger partial charge is 0.477 e. The molecule has 1 aromatic rings. The third-order valence-corrected chi connectivity index (χ3v) is 2.05. The van der Waals surface area contributed by atoms with Crippen molar-refractivity contribution in [1.82, 2.24) is 4.98 Å². The molecule has 0 saturated carbocycles. The number of rotatable bonds is 4. The van der Waals surface area contributed by atoms with Crippen LogP contribution in [-0.2, 0) is 0 Å². The summed E-state index contributed by atoms with van der Waals surface area (Å²) < 4.78 is 0. The maximum atomic E-state index is 10.4. The van der Waals surface area contributed by atoms with Crippen molar-refractivity contribution >= 4 is 22.4 Å². The van der Waals surface area contributed by atoms with Crippen molar-refractivity contribution < 1.29 is 15.0 Å². The molecular weight excluding hydrogens is 180 g/mol. The number of carboxylic acid groups (broad SMARTS) is 1. The number of aromatic carboxylic acids is 1. The number of carbonyl (C=O) groups is 1. The molecule has 5 nitrogen and oxygen atoms in total. The van der Waals surface area contributed by atoms with Gasteiger partial charge in [0, 0.05) is 6.54 Å². The van der Waals surface area contributed by atoms with Gasteiger partial charge in [-0.15, -0.1) is 0 Å². The van der Waals surface area contributed by atoms with Crippen molar-refractivity contribution in [3.8, 4) is 0 Å². The lowest BCUT2D eigenvalue weighted by atomic mass is 10.6. The van der Waals surface area contributed by atoms with Gasteiger partial charge >= 0.3 is 5.97 Å². The normalized spacial score (nSPS) is 9.75. The van der Waals surface area contributed by atoms with Crippen molar-refractivity contribution in [3.05, 3.63) is 11.1 Å². The standard InChI is InChI=1S/C6H8N2O3S/c9-2-1-7-6-8-3-4(12-6)5(10)11/h3,9H,1-2H2,(H,7,8)(H,10,11). The van der Waals surface area contributed by atoms with Gasteiger partial charge in [0.2, 0.25) is 0 Å². The molecule has 66 valence electrons. The molecule has 0 aromatic carbocycles. The van der Waals surface area contributed by atoms with Gasteiger partial charge in [-0.05, 0) is 0 Å². The first-order valence-electron chi connectivity index (χ1n) is 3.28. The molecule has 0 fully saturated rings. The smallest absolute Gasteiger partial charge is 0.347 e. The molecule has 0 bridgehead atoms. The summed E-state index contributed by atoms with van der Waals surface area (Å²) in [6.45, 7) is 0.383. The minimum absolute atomic E-state index is 0.00197. The van der Waals surface area contributed by atoms with Gasteiger partial charge in [0.1, 0.15) is 4.88 Å². The van der Waals surface area contributed by atoms with Crippen molar-refractivity contribution in [2.45, 2.75) is 0 Å². The number of hydrogen-bond donors (Lipinski definition) is 3. The minimum atomic E-state index is -0.982. The van der Waals surface area contributed by atoms with Gasteiger partial charge in [-0.3, -0.25) is 0 Å². The number of nitrogens with one attached hydrogen (secondary N) is 1. The molecular formula is C6H8N2O3S. The van der Waals surface area contributed by atoms with Crippen molar-refractivity contribution in [2.24, 2.45) is 0 Å². The third-order valence-electron chi connectivity index (χ3n) is 1.10. The van der Waals surface area contributed by atoms with E-state index in [2.05, 4.69) is 10.3 Å². The second-order valence-electron chi connectivity index (χ2n) is 1.99. The monoisotopic (exact) mass is 188 g/mol. The predicted molar refractivity (Wildman–Crippen MR) is 44.6 cm³/mol. The van der Waals surface area contributed by atoms with E-state index >= 15 is 0 Å². The molecule has 0 atom stereocenters. The van der Waals surface area contributed by atoms with E-state index in [0.29, 0.717) is 11.7 Å².